The summed E-state index contributed by atoms with van der Waals surface area (Å²) in [5, 5.41) is 49.1. The van der Waals surface area contributed by atoms with Gasteiger partial charge in [-0.2, -0.15) is 5.06 Å². The van der Waals surface area contributed by atoms with E-state index in [9.17, 15) is 20.6 Å². The van der Waals surface area contributed by atoms with E-state index in [1.165, 1.54) is 5.06 Å². The fourth-order valence-electron chi connectivity index (χ4n) is 7.30. The lowest BCUT2D eigenvalue weighted by atomic mass is 9.74. The minimum absolute atomic E-state index is 0.0799. The Bertz CT molecular complexity index is 1570. The van der Waals surface area contributed by atoms with Crippen LogP contribution in [0.15, 0.2) is 41.0 Å². The molecule has 1 saturated heterocycles. The number of piperidine rings is 1. The minimum atomic E-state index is -0.600. The number of furan rings is 1. The van der Waals surface area contributed by atoms with Crippen molar-refractivity contribution in [2.45, 2.75) is 143 Å². The van der Waals surface area contributed by atoms with Gasteiger partial charge in [-0.15, -0.1) is 0 Å². The van der Waals surface area contributed by atoms with Gasteiger partial charge in [-0.25, -0.2) is 5.48 Å². The molecule has 3 aliphatic heterocycles. The fourth-order valence-corrected chi connectivity index (χ4v) is 7.30. The number of nitrogens with zero attached hydrogens (tertiary/aromatic N) is 1. The van der Waals surface area contributed by atoms with Gasteiger partial charge in [0.1, 0.15) is 47.2 Å². The summed E-state index contributed by atoms with van der Waals surface area (Å²) in [5.41, 5.74) is 6.21. The maximum Gasteiger partial charge on any atom is 0.134 e. The van der Waals surface area contributed by atoms with Crippen molar-refractivity contribution in [3.8, 4) is 17.2 Å². The first-order chi connectivity index (χ1) is 26.0. The highest BCUT2D eigenvalue weighted by Crippen LogP contribution is 2.37. The first kappa shape index (κ1) is 44.8. The van der Waals surface area contributed by atoms with E-state index in [4.69, 9.17) is 18.6 Å². The monoisotopic (exact) mass is 771 g/mol. The van der Waals surface area contributed by atoms with Crippen LogP contribution in [0.2, 0.25) is 0 Å². The van der Waals surface area contributed by atoms with Crippen LogP contribution in [0.1, 0.15) is 98.3 Å². The summed E-state index contributed by atoms with van der Waals surface area (Å²) in [4.78, 5) is 0. The van der Waals surface area contributed by atoms with Crippen LogP contribution in [0.5, 0.6) is 17.2 Å². The summed E-state index contributed by atoms with van der Waals surface area (Å²) >= 11 is 0. The van der Waals surface area contributed by atoms with Gasteiger partial charge in [-0.3, -0.25) is 0 Å². The molecule has 2 aromatic carbocycles. The third-order valence-corrected chi connectivity index (χ3v) is 10.7. The maximum atomic E-state index is 10.7. The predicted molar refractivity (Wildman–Crippen MR) is 217 cm³/mol. The SMILES string of the molecule is CC.Cc1cc2c(cc1OC(C)C)CC(C(O)CNCC(CC(C)(C)NO)C(C)(C)C)O2.OC(CNC1CCN(O)CC1)C1Cc2cc3occc3cc2O1. The Morgan fingerprint density at radius 3 is 2.07 bits per heavy atom. The number of hydrogen-bond donors (Lipinski definition) is 7. The summed E-state index contributed by atoms with van der Waals surface area (Å²) in [7, 11) is 0. The van der Waals surface area contributed by atoms with Gasteiger partial charge in [0.05, 0.1) is 12.4 Å². The van der Waals surface area contributed by atoms with Crippen molar-refractivity contribution < 1.29 is 39.3 Å². The molecular formula is C43H70N4O8. The molecule has 3 aliphatic rings. The first-order valence-electron chi connectivity index (χ1n) is 20.3. The van der Waals surface area contributed by atoms with Crippen LogP contribution >= 0.6 is 0 Å². The topological polar surface area (TPSA) is 161 Å². The smallest absolute Gasteiger partial charge is 0.134 e. The van der Waals surface area contributed by atoms with Crippen LogP contribution < -0.4 is 30.3 Å². The zero-order chi connectivity index (χ0) is 40.5. The van der Waals surface area contributed by atoms with Gasteiger partial charge < -0.3 is 49.9 Å². The van der Waals surface area contributed by atoms with E-state index in [2.05, 4.69) is 36.9 Å². The summed E-state index contributed by atoms with van der Waals surface area (Å²) in [6.07, 6.45) is 4.14. The lowest BCUT2D eigenvalue weighted by Crippen LogP contribution is -2.46. The molecule has 5 atom stereocenters. The fraction of sp³-hybridized carbons (Fsp3) is 0.674. The van der Waals surface area contributed by atoms with E-state index in [1.54, 1.807) is 6.26 Å². The van der Waals surface area contributed by atoms with Gasteiger partial charge in [0.2, 0.25) is 0 Å². The van der Waals surface area contributed by atoms with E-state index in [1.807, 2.05) is 78.8 Å². The Morgan fingerprint density at radius 2 is 1.47 bits per heavy atom. The molecule has 3 aromatic rings. The Balaban J connectivity index is 0.000000240. The lowest BCUT2D eigenvalue weighted by molar-refractivity contribution is -0.108. The van der Waals surface area contributed by atoms with Crippen molar-refractivity contribution in [1.29, 1.82) is 0 Å². The van der Waals surface area contributed by atoms with E-state index in [0.29, 0.717) is 51.0 Å². The first-order valence-corrected chi connectivity index (χ1v) is 20.3. The van der Waals surface area contributed by atoms with Crippen LogP contribution in [-0.2, 0) is 12.8 Å². The summed E-state index contributed by atoms with van der Waals surface area (Å²) in [6, 6.07) is 10.3. The summed E-state index contributed by atoms with van der Waals surface area (Å²) < 4.78 is 23.3. The molecular weight excluding hydrogens is 700 g/mol. The van der Waals surface area contributed by atoms with Gasteiger partial charge in [0, 0.05) is 67.1 Å². The van der Waals surface area contributed by atoms with Crippen molar-refractivity contribution >= 4 is 11.0 Å². The van der Waals surface area contributed by atoms with E-state index in [0.717, 1.165) is 70.7 Å². The molecule has 0 amide bonds. The number of hydroxylamine groups is 3. The number of benzene rings is 2. The molecule has 4 heterocycles. The molecule has 0 bridgehead atoms. The molecule has 310 valence electrons. The zero-order valence-electron chi connectivity index (χ0n) is 34.9. The normalized spacial score (nSPS) is 20.3. The second kappa shape index (κ2) is 20.0. The molecule has 1 fully saturated rings. The van der Waals surface area contributed by atoms with Gasteiger partial charge >= 0.3 is 0 Å². The summed E-state index contributed by atoms with van der Waals surface area (Å²) in [5.74, 6) is 2.90. The third-order valence-electron chi connectivity index (χ3n) is 10.7. The number of ether oxygens (including phenoxy) is 3. The Hall–Kier alpha value is -2.94. The molecule has 55 heavy (non-hydrogen) atoms. The lowest BCUT2D eigenvalue weighted by Gasteiger charge is -2.37. The average Bonchev–Trinajstić information content (AvgIpc) is 3.88. The average molecular weight is 771 g/mol. The highest BCUT2D eigenvalue weighted by molar-refractivity contribution is 5.80. The molecule has 0 spiro atoms. The molecule has 5 unspecified atom stereocenters. The van der Waals surface area contributed by atoms with Gasteiger partial charge in [-0.05, 0) is 108 Å². The second-order valence-electron chi connectivity index (χ2n) is 17.2. The quantitative estimate of drug-likeness (QED) is 0.0904. The van der Waals surface area contributed by atoms with Crippen LogP contribution in [0, 0.1) is 18.3 Å². The maximum absolute atomic E-state index is 10.7. The number of nitrogens with one attached hydrogen (secondary N) is 3. The minimum Gasteiger partial charge on any atom is -0.491 e. The molecule has 0 radical (unpaired) electrons. The van der Waals surface area contributed by atoms with Gasteiger partial charge in [0.25, 0.3) is 0 Å². The number of aryl methyl sites for hydroxylation is 1. The van der Waals surface area contributed by atoms with Gasteiger partial charge in [0.15, 0.2) is 0 Å². The molecule has 0 aliphatic carbocycles. The highest BCUT2D eigenvalue weighted by atomic mass is 16.5. The van der Waals surface area contributed by atoms with Crippen LogP contribution in [0.25, 0.3) is 11.0 Å². The number of rotatable bonds is 14. The van der Waals surface area contributed by atoms with Crippen molar-refractivity contribution in [2.24, 2.45) is 11.3 Å². The molecule has 7 N–H and O–H groups in total. The third kappa shape index (κ3) is 12.8. The van der Waals surface area contributed by atoms with Crippen molar-refractivity contribution in [2.75, 3.05) is 32.7 Å². The molecule has 12 nitrogen and oxygen atoms in total. The number of aliphatic hydroxyl groups excluding tert-OH is 2. The highest BCUT2D eigenvalue weighted by Gasteiger charge is 2.34. The van der Waals surface area contributed by atoms with E-state index >= 15 is 0 Å². The van der Waals surface area contributed by atoms with E-state index in [-0.39, 0.29) is 29.3 Å². The van der Waals surface area contributed by atoms with Crippen molar-refractivity contribution in [3.05, 3.63) is 53.3 Å². The number of aliphatic hydroxyl groups is 2. The standard InChI is InChI=1S/C24H42N2O4.C17H22N2O4.C2H6/c1-15(2)29-20-10-17-11-22(30-21(17)9-16(20)3)19(27)14-25-13-18(23(4,5)6)12-24(7,8)26-28;20-14(10-18-13-1-4-19(21)5-2-13)17-9-12-8-15-11(3-6-22-15)7-16(12)23-17;1-2/h9-10,15,18-19,22,25-28H,11-14H2,1-8H3;3,6-8,13-14,17-18,20-21H,1-2,4-5,9-10H2;1-2H3. The van der Waals surface area contributed by atoms with Crippen LogP contribution in [0.4, 0.5) is 0 Å². The second-order valence-corrected chi connectivity index (χ2v) is 17.2. The van der Waals surface area contributed by atoms with Crippen LogP contribution in [-0.4, -0.2) is 101 Å². The Morgan fingerprint density at radius 1 is 0.873 bits per heavy atom. The van der Waals surface area contributed by atoms with E-state index < -0.39 is 12.2 Å². The number of fused-ring (bicyclic) bond motifs is 3. The molecule has 6 rings (SSSR count). The summed E-state index contributed by atoms with van der Waals surface area (Å²) in [6.45, 7) is 23.7. The number of hydrogen-bond acceptors (Lipinski definition) is 12. The Labute approximate surface area is 328 Å². The van der Waals surface area contributed by atoms with Crippen molar-refractivity contribution in [3.63, 3.8) is 0 Å². The zero-order valence-corrected chi connectivity index (χ0v) is 34.9. The predicted octanol–water partition coefficient (Wildman–Crippen LogP) is 6.41. The molecule has 1 aromatic heterocycles. The largest absolute Gasteiger partial charge is 0.491 e. The van der Waals surface area contributed by atoms with Crippen LogP contribution in [0.3, 0.4) is 0 Å². The molecule has 12 heteroatoms. The Kier molecular flexibility index (Phi) is 16.3. The molecule has 0 saturated carbocycles. The van der Waals surface area contributed by atoms with Gasteiger partial charge in [-0.1, -0.05) is 34.6 Å². The van der Waals surface area contributed by atoms with Crippen molar-refractivity contribution in [1.82, 2.24) is 21.2 Å².